The highest BCUT2D eigenvalue weighted by atomic mass is 32.1. The topological polar surface area (TPSA) is 58.3 Å². The van der Waals surface area contributed by atoms with E-state index in [1.807, 2.05) is 6.92 Å². The summed E-state index contributed by atoms with van der Waals surface area (Å²) in [5.41, 5.74) is 8.07. The van der Waals surface area contributed by atoms with Crippen LogP contribution in [-0.4, -0.2) is 47.5 Å². The van der Waals surface area contributed by atoms with E-state index in [-0.39, 0.29) is 0 Å². The summed E-state index contributed by atoms with van der Waals surface area (Å²) in [7, 11) is 4.30. The number of thiazole rings is 1. The van der Waals surface area contributed by atoms with Crippen molar-refractivity contribution in [2.24, 2.45) is 5.92 Å². The summed E-state index contributed by atoms with van der Waals surface area (Å²) >= 11 is 3.14. The fraction of sp³-hybridized carbons (Fsp3) is 0.571. The van der Waals surface area contributed by atoms with E-state index in [0.717, 1.165) is 34.4 Å². The largest absolute Gasteiger partial charge is 0.382 e. The first-order valence-electron chi connectivity index (χ1n) is 7.06. The highest BCUT2D eigenvalue weighted by Gasteiger charge is 2.34. The SMILES string of the molecule is Cc1nc(-c2c(N)nsc2N2CC(C)C(N(C)C)C2)cs1. The van der Waals surface area contributed by atoms with Gasteiger partial charge in [0.2, 0.25) is 0 Å². The highest BCUT2D eigenvalue weighted by Crippen LogP contribution is 2.41. The van der Waals surface area contributed by atoms with Crippen molar-refractivity contribution in [3.05, 3.63) is 10.4 Å². The second-order valence-corrected chi connectivity index (χ2v) is 7.73. The van der Waals surface area contributed by atoms with Gasteiger partial charge in [0.15, 0.2) is 0 Å². The van der Waals surface area contributed by atoms with Gasteiger partial charge in [-0.3, -0.25) is 0 Å². The van der Waals surface area contributed by atoms with Crippen LogP contribution in [0.5, 0.6) is 0 Å². The van der Waals surface area contributed by atoms with Gasteiger partial charge in [0.1, 0.15) is 10.8 Å². The molecule has 0 bridgehead atoms. The van der Waals surface area contributed by atoms with E-state index in [1.165, 1.54) is 11.5 Å². The number of anilines is 2. The van der Waals surface area contributed by atoms with Gasteiger partial charge in [-0.15, -0.1) is 11.3 Å². The van der Waals surface area contributed by atoms with Gasteiger partial charge in [0.05, 0.1) is 16.3 Å². The van der Waals surface area contributed by atoms with Crippen molar-refractivity contribution in [1.29, 1.82) is 0 Å². The molecule has 1 fully saturated rings. The quantitative estimate of drug-likeness (QED) is 0.940. The van der Waals surface area contributed by atoms with Gasteiger partial charge in [0, 0.05) is 24.5 Å². The van der Waals surface area contributed by atoms with Crippen LogP contribution in [0.25, 0.3) is 11.3 Å². The zero-order valence-electron chi connectivity index (χ0n) is 12.8. The molecule has 2 aromatic rings. The molecule has 0 amide bonds. The van der Waals surface area contributed by atoms with E-state index in [4.69, 9.17) is 5.73 Å². The van der Waals surface area contributed by atoms with Gasteiger partial charge in [-0.1, -0.05) is 6.92 Å². The lowest BCUT2D eigenvalue weighted by molar-refractivity contribution is 0.266. The molecular weight excluding hydrogens is 302 g/mol. The standard InChI is InChI=1S/C14H21N5S2/c1-8-5-19(6-11(8)18(3)4)14-12(13(15)17-21-14)10-7-20-9(2)16-10/h7-8,11H,5-6H2,1-4H3,(H2,15,17). The molecule has 5 nitrogen and oxygen atoms in total. The van der Waals surface area contributed by atoms with E-state index in [1.54, 1.807) is 11.3 Å². The predicted octanol–water partition coefficient (Wildman–Crippen LogP) is 2.54. The van der Waals surface area contributed by atoms with Crippen molar-refractivity contribution in [2.75, 3.05) is 37.8 Å². The molecule has 0 spiro atoms. The minimum atomic E-state index is 0.568. The summed E-state index contributed by atoms with van der Waals surface area (Å²) in [4.78, 5) is 9.30. The molecule has 0 radical (unpaired) electrons. The minimum Gasteiger partial charge on any atom is -0.382 e. The average Bonchev–Trinajstić information content (AvgIpc) is 3.08. The van der Waals surface area contributed by atoms with E-state index in [0.29, 0.717) is 17.8 Å². The van der Waals surface area contributed by atoms with Gasteiger partial charge >= 0.3 is 0 Å². The lowest BCUT2D eigenvalue weighted by Crippen LogP contribution is -2.34. The Labute approximate surface area is 133 Å². The average molecular weight is 323 g/mol. The summed E-state index contributed by atoms with van der Waals surface area (Å²) in [5, 5.41) is 4.29. The van der Waals surface area contributed by atoms with Crippen molar-refractivity contribution in [3.8, 4) is 11.3 Å². The lowest BCUT2D eigenvalue weighted by atomic mass is 10.1. The second kappa shape index (κ2) is 5.55. The number of nitrogen functional groups attached to an aromatic ring is 1. The second-order valence-electron chi connectivity index (χ2n) is 5.91. The van der Waals surface area contributed by atoms with Crippen LogP contribution in [0.15, 0.2) is 5.38 Å². The van der Waals surface area contributed by atoms with Crippen LogP contribution in [0.1, 0.15) is 11.9 Å². The molecule has 2 N–H and O–H groups in total. The first-order chi connectivity index (χ1) is 9.97. The fourth-order valence-electron chi connectivity index (χ4n) is 3.02. The van der Waals surface area contributed by atoms with Crippen LogP contribution in [-0.2, 0) is 0 Å². The van der Waals surface area contributed by atoms with Crippen LogP contribution < -0.4 is 10.6 Å². The van der Waals surface area contributed by atoms with Crippen molar-refractivity contribution in [3.63, 3.8) is 0 Å². The molecule has 7 heteroatoms. The maximum Gasteiger partial charge on any atom is 0.148 e. The van der Waals surface area contributed by atoms with E-state index in [9.17, 15) is 0 Å². The Bertz CT molecular complexity index is 633. The molecule has 2 unspecified atom stereocenters. The number of aryl methyl sites for hydroxylation is 1. The van der Waals surface area contributed by atoms with Crippen molar-refractivity contribution in [2.45, 2.75) is 19.9 Å². The number of aromatic nitrogens is 2. The van der Waals surface area contributed by atoms with Crippen molar-refractivity contribution >= 4 is 33.7 Å². The maximum atomic E-state index is 6.11. The molecule has 21 heavy (non-hydrogen) atoms. The Kier molecular flexibility index (Phi) is 3.90. The first kappa shape index (κ1) is 14.7. The lowest BCUT2D eigenvalue weighted by Gasteiger charge is -2.22. The van der Waals surface area contributed by atoms with Gasteiger partial charge in [-0.2, -0.15) is 4.37 Å². The first-order valence-corrected chi connectivity index (χ1v) is 8.71. The molecule has 0 aliphatic carbocycles. The number of nitrogens with zero attached hydrogens (tertiary/aromatic N) is 4. The summed E-state index contributed by atoms with van der Waals surface area (Å²) in [6, 6.07) is 0.568. The third-order valence-corrected chi connectivity index (χ3v) is 5.80. The molecule has 0 saturated carbocycles. The van der Waals surface area contributed by atoms with Crippen LogP contribution in [0.4, 0.5) is 10.8 Å². The number of rotatable bonds is 3. The van der Waals surface area contributed by atoms with Crippen molar-refractivity contribution in [1.82, 2.24) is 14.3 Å². The Morgan fingerprint density at radius 2 is 2.14 bits per heavy atom. The number of likely N-dealkylation sites (N-methyl/N-ethyl adjacent to an activating group) is 1. The van der Waals surface area contributed by atoms with Gasteiger partial charge in [-0.25, -0.2) is 4.98 Å². The Balaban J connectivity index is 1.94. The monoisotopic (exact) mass is 323 g/mol. The zero-order valence-corrected chi connectivity index (χ0v) is 14.5. The smallest absolute Gasteiger partial charge is 0.148 e. The Morgan fingerprint density at radius 3 is 2.71 bits per heavy atom. The van der Waals surface area contributed by atoms with Gasteiger partial charge in [-0.05, 0) is 38.5 Å². The summed E-state index contributed by atoms with van der Waals surface area (Å²) in [6.45, 7) is 6.39. The number of nitrogens with two attached hydrogens (primary N) is 1. The normalized spacial score (nSPS) is 22.4. The van der Waals surface area contributed by atoms with Gasteiger partial charge in [0.25, 0.3) is 0 Å². The number of hydrogen-bond donors (Lipinski definition) is 1. The molecule has 1 saturated heterocycles. The third kappa shape index (κ3) is 2.65. The molecule has 2 aromatic heterocycles. The maximum absolute atomic E-state index is 6.11. The summed E-state index contributed by atoms with van der Waals surface area (Å²) in [5.74, 6) is 1.23. The highest BCUT2D eigenvalue weighted by molar-refractivity contribution is 7.11. The van der Waals surface area contributed by atoms with Crippen LogP contribution in [0, 0.1) is 12.8 Å². The van der Waals surface area contributed by atoms with Gasteiger partial charge < -0.3 is 15.5 Å². The van der Waals surface area contributed by atoms with Crippen LogP contribution in [0.2, 0.25) is 0 Å². The van der Waals surface area contributed by atoms with Crippen LogP contribution >= 0.6 is 22.9 Å². The zero-order chi connectivity index (χ0) is 15.1. The third-order valence-electron chi connectivity index (χ3n) is 4.10. The summed E-state index contributed by atoms with van der Waals surface area (Å²) < 4.78 is 4.37. The van der Waals surface area contributed by atoms with Crippen molar-refractivity contribution < 1.29 is 0 Å². The van der Waals surface area contributed by atoms with E-state index >= 15 is 0 Å². The molecule has 3 rings (SSSR count). The predicted molar refractivity (Wildman–Crippen MR) is 91.2 cm³/mol. The molecular formula is C14H21N5S2. The Morgan fingerprint density at radius 1 is 1.38 bits per heavy atom. The number of hydrogen-bond acceptors (Lipinski definition) is 7. The minimum absolute atomic E-state index is 0.568. The molecule has 3 heterocycles. The fourth-order valence-corrected chi connectivity index (χ4v) is 4.46. The Hall–Kier alpha value is -1.18. The summed E-state index contributed by atoms with van der Waals surface area (Å²) in [6.07, 6.45) is 0. The van der Waals surface area contributed by atoms with Crippen LogP contribution in [0.3, 0.4) is 0 Å². The molecule has 114 valence electrons. The van der Waals surface area contributed by atoms with E-state index < -0.39 is 0 Å². The molecule has 1 aliphatic heterocycles. The van der Waals surface area contributed by atoms with E-state index in [2.05, 4.69) is 45.6 Å². The molecule has 1 aliphatic rings. The molecule has 0 aromatic carbocycles. The molecule has 2 atom stereocenters.